The molecule has 0 spiro atoms. The Balaban J connectivity index is 2.11. The van der Waals surface area contributed by atoms with Crippen molar-refractivity contribution in [2.75, 3.05) is 0 Å². The lowest BCUT2D eigenvalue weighted by molar-refractivity contribution is 0.194. The minimum Gasteiger partial charge on any atom is -0.387 e. The van der Waals surface area contributed by atoms with E-state index in [-0.39, 0.29) is 0 Å². The number of aliphatic hydroxyl groups excluding tert-OH is 1. The fraction of sp³-hybridized carbons (Fsp3) is 0.571. The number of aliphatic hydroxyl groups is 1. The maximum Gasteiger partial charge on any atom is 0.196 e. The molecular formula is C7H11N7O. The predicted molar refractivity (Wildman–Crippen MR) is 48.6 cm³/mol. The highest BCUT2D eigenvalue weighted by atomic mass is 16.3. The van der Waals surface area contributed by atoms with E-state index in [2.05, 4.69) is 25.7 Å². The smallest absolute Gasteiger partial charge is 0.196 e. The molecule has 1 N–H and O–H groups in total. The molecule has 0 aliphatic carbocycles. The summed E-state index contributed by atoms with van der Waals surface area (Å²) in [5.41, 5.74) is 0.527. The summed E-state index contributed by atoms with van der Waals surface area (Å²) in [5, 5.41) is 28.4. The molecule has 0 bridgehead atoms. The topological polar surface area (TPSA) is 94.5 Å². The Labute approximate surface area is 85.5 Å². The summed E-state index contributed by atoms with van der Waals surface area (Å²) < 4.78 is 1.55. The lowest BCUT2D eigenvalue weighted by Gasteiger charge is -1.95. The zero-order valence-corrected chi connectivity index (χ0v) is 8.44. The predicted octanol–water partition coefficient (Wildman–Crippen LogP) is -1.10. The van der Waals surface area contributed by atoms with E-state index in [1.165, 1.54) is 4.80 Å². The number of rotatable bonds is 3. The molecule has 2 heterocycles. The van der Waals surface area contributed by atoms with Crippen LogP contribution in [0.3, 0.4) is 0 Å². The first kappa shape index (κ1) is 9.71. The molecule has 15 heavy (non-hydrogen) atoms. The van der Waals surface area contributed by atoms with Crippen molar-refractivity contribution >= 4 is 0 Å². The van der Waals surface area contributed by atoms with Gasteiger partial charge in [-0.25, -0.2) is 4.68 Å². The molecule has 0 saturated heterocycles. The second-order valence-corrected chi connectivity index (χ2v) is 3.21. The van der Waals surface area contributed by atoms with Gasteiger partial charge < -0.3 is 5.11 Å². The molecule has 0 aliphatic rings. The Morgan fingerprint density at radius 2 is 2.20 bits per heavy atom. The molecule has 80 valence electrons. The molecule has 8 nitrogen and oxygen atoms in total. The van der Waals surface area contributed by atoms with E-state index in [0.29, 0.717) is 18.1 Å². The summed E-state index contributed by atoms with van der Waals surface area (Å²) in [7, 11) is 1.69. The molecule has 0 aliphatic heterocycles. The highest BCUT2D eigenvalue weighted by Gasteiger charge is 2.08. The second kappa shape index (κ2) is 3.73. The van der Waals surface area contributed by atoms with Crippen molar-refractivity contribution in [2.45, 2.75) is 19.6 Å². The van der Waals surface area contributed by atoms with Crippen molar-refractivity contribution in [1.82, 2.24) is 35.2 Å². The van der Waals surface area contributed by atoms with Crippen LogP contribution in [-0.2, 0) is 13.6 Å². The molecule has 0 aromatic carbocycles. The minimum absolute atomic E-state index is 0.396. The Morgan fingerprint density at radius 1 is 1.40 bits per heavy atom. The van der Waals surface area contributed by atoms with Crippen LogP contribution >= 0.6 is 0 Å². The van der Waals surface area contributed by atoms with Gasteiger partial charge in [0.05, 0.1) is 19.3 Å². The average Bonchev–Trinajstić information content (AvgIpc) is 2.76. The lowest BCUT2D eigenvalue weighted by atomic mass is 10.3. The van der Waals surface area contributed by atoms with E-state index in [1.807, 2.05) is 0 Å². The van der Waals surface area contributed by atoms with Crippen LogP contribution in [0.5, 0.6) is 0 Å². The van der Waals surface area contributed by atoms with E-state index in [0.717, 1.165) is 0 Å². The molecule has 0 amide bonds. The van der Waals surface area contributed by atoms with Crippen LogP contribution in [0.15, 0.2) is 6.20 Å². The van der Waals surface area contributed by atoms with Crippen molar-refractivity contribution in [3.8, 4) is 0 Å². The van der Waals surface area contributed by atoms with Crippen LogP contribution < -0.4 is 0 Å². The first-order chi connectivity index (χ1) is 7.15. The summed E-state index contributed by atoms with van der Waals surface area (Å²) in [4.78, 5) is 1.38. The number of aryl methyl sites for hydroxylation is 1. The largest absolute Gasteiger partial charge is 0.387 e. The lowest BCUT2D eigenvalue weighted by Crippen LogP contribution is -2.03. The number of tetrazole rings is 1. The maximum atomic E-state index is 9.24. The van der Waals surface area contributed by atoms with E-state index < -0.39 is 6.10 Å². The van der Waals surface area contributed by atoms with Crippen molar-refractivity contribution in [3.63, 3.8) is 0 Å². The van der Waals surface area contributed by atoms with E-state index >= 15 is 0 Å². The molecule has 0 fully saturated rings. The summed E-state index contributed by atoms with van der Waals surface area (Å²) >= 11 is 0. The van der Waals surface area contributed by atoms with Crippen LogP contribution in [0.25, 0.3) is 0 Å². The fourth-order valence-corrected chi connectivity index (χ4v) is 1.11. The summed E-state index contributed by atoms with van der Waals surface area (Å²) in [6.07, 6.45) is 1.04. The number of hydrogen-bond donors (Lipinski definition) is 1. The molecular weight excluding hydrogens is 198 g/mol. The van der Waals surface area contributed by atoms with Gasteiger partial charge in [0, 0.05) is 0 Å². The van der Waals surface area contributed by atoms with Gasteiger partial charge >= 0.3 is 0 Å². The third-order valence-corrected chi connectivity index (χ3v) is 1.84. The van der Waals surface area contributed by atoms with Crippen molar-refractivity contribution in [3.05, 3.63) is 17.7 Å². The number of hydrogen-bond acceptors (Lipinski definition) is 6. The van der Waals surface area contributed by atoms with Gasteiger partial charge in [0.2, 0.25) is 0 Å². The molecule has 1 atom stereocenters. The van der Waals surface area contributed by atoms with E-state index in [9.17, 15) is 5.11 Å². The monoisotopic (exact) mass is 209 g/mol. The highest BCUT2D eigenvalue weighted by molar-refractivity contribution is 4.96. The third-order valence-electron chi connectivity index (χ3n) is 1.84. The van der Waals surface area contributed by atoms with Gasteiger partial charge in [-0.2, -0.15) is 4.80 Å². The van der Waals surface area contributed by atoms with Crippen LogP contribution in [0.1, 0.15) is 24.5 Å². The van der Waals surface area contributed by atoms with Gasteiger partial charge in [0.15, 0.2) is 5.82 Å². The Hall–Kier alpha value is -1.83. The SMILES string of the molecule is CC(O)c1cn(Cc2nnn(C)n2)nn1. The normalized spacial score (nSPS) is 13.0. The molecule has 2 aromatic heterocycles. The van der Waals surface area contributed by atoms with Crippen LogP contribution in [0, 0.1) is 0 Å². The van der Waals surface area contributed by atoms with E-state index in [4.69, 9.17) is 0 Å². The number of nitrogens with zero attached hydrogens (tertiary/aromatic N) is 7. The van der Waals surface area contributed by atoms with Gasteiger partial charge in [-0.1, -0.05) is 5.21 Å². The quantitative estimate of drug-likeness (QED) is 0.689. The van der Waals surface area contributed by atoms with Gasteiger partial charge in [-0.05, 0) is 12.1 Å². The zero-order chi connectivity index (χ0) is 10.8. The van der Waals surface area contributed by atoms with Gasteiger partial charge in [0.25, 0.3) is 0 Å². The summed E-state index contributed by atoms with van der Waals surface area (Å²) in [5.74, 6) is 0.555. The van der Waals surface area contributed by atoms with Crippen LogP contribution in [-0.4, -0.2) is 40.3 Å². The van der Waals surface area contributed by atoms with Crippen molar-refractivity contribution in [2.24, 2.45) is 7.05 Å². The summed E-state index contributed by atoms with van der Waals surface area (Å²) in [6, 6.07) is 0. The summed E-state index contributed by atoms with van der Waals surface area (Å²) in [6.45, 7) is 2.03. The standard InChI is InChI=1S/C7H11N7O/c1-5(15)6-3-14(12-8-6)4-7-9-11-13(2)10-7/h3,5,15H,4H2,1-2H3. The number of aromatic nitrogens is 7. The zero-order valence-electron chi connectivity index (χ0n) is 8.44. The molecule has 1 unspecified atom stereocenters. The molecule has 2 aromatic rings. The Kier molecular flexibility index (Phi) is 2.42. The average molecular weight is 209 g/mol. The molecule has 2 rings (SSSR count). The third kappa shape index (κ3) is 2.15. The first-order valence-corrected chi connectivity index (χ1v) is 4.46. The first-order valence-electron chi connectivity index (χ1n) is 4.46. The van der Waals surface area contributed by atoms with Gasteiger partial charge in [-0.3, -0.25) is 0 Å². The minimum atomic E-state index is -0.617. The van der Waals surface area contributed by atoms with Gasteiger partial charge in [-0.15, -0.1) is 15.3 Å². The molecule has 0 saturated carbocycles. The van der Waals surface area contributed by atoms with Crippen LogP contribution in [0.4, 0.5) is 0 Å². The van der Waals surface area contributed by atoms with Gasteiger partial charge in [0.1, 0.15) is 12.2 Å². The van der Waals surface area contributed by atoms with Crippen LogP contribution in [0.2, 0.25) is 0 Å². The fourth-order valence-electron chi connectivity index (χ4n) is 1.11. The Morgan fingerprint density at radius 3 is 2.73 bits per heavy atom. The second-order valence-electron chi connectivity index (χ2n) is 3.21. The molecule has 8 heteroatoms. The van der Waals surface area contributed by atoms with Crippen molar-refractivity contribution in [1.29, 1.82) is 0 Å². The molecule has 0 radical (unpaired) electrons. The van der Waals surface area contributed by atoms with Crippen molar-refractivity contribution < 1.29 is 5.11 Å². The van der Waals surface area contributed by atoms with E-state index in [1.54, 1.807) is 24.9 Å². The highest BCUT2D eigenvalue weighted by Crippen LogP contribution is 2.06. The Bertz CT molecular complexity index is 446. The maximum absolute atomic E-state index is 9.24.